The van der Waals surface area contributed by atoms with Gasteiger partial charge in [0.05, 0.1) is 17.8 Å². The molecule has 0 fully saturated rings. The highest BCUT2D eigenvalue weighted by Crippen LogP contribution is 2.21. The van der Waals surface area contributed by atoms with Crippen LogP contribution in [0.25, 0.3) is 0 Å². The van der Waals surface area contributed by atoms with Gasteiger partial charge in [0.25, 0.3) is 0 Å². The van der Waals surface area contributed by atoms with E-state index in [-0.39, 0.29) is 17.4 Å². The molecule has 1 unspecified atom stereocenters. The lowest BCUT2D eigenvalue weighted by Crippen LogP contribution is -2.45. The molecule has 1 N–H and O–H groups in total. The number of pyridine rings is 1. The Balaban J connectivity index is 1.66. The summed E-state index contributed by atoms with van der Waals surface area (Å²) in [6, 6.07) is 3.30. The fourth-order valence-corrected chi connectivity index (χ4v) is 3.79. The summed E-state index contributed by atoms with van der Waals surface area (Å²) in [5.74, 6) is 0.117. The van der Waals surface area contributed by atoms with Gasteiger partial charge in [-0.1, -0.05) is 13.0 Å². The van der Waals surface area contributed by atoms with E-state index in [2.05, 4.69) is 15.3 Å². The molecule has 8 nitrogen and oxygen atoms in total. The molecule has 1 aliphatic heterocycles. The molecule has 0 radical (unpaired) electrons. The first-order valence-corrected chi connectivity index (χ1v) is 10.4. The highest BCUT2D eigenvalue weighted by atomic mass is 32.2. The van der Waals surface area contributed by atoms with Crippen LogP contribution >= 0.6 is 0 Å². The summed E-state index contributed by atoms with van der Waals surface area (Å²) >= 11 is 0. The highest BCUT2D eigenvalue weighted by Gasteiger charge is 2.30. The fraction of sp³-hybridized carbons (Fsp3) is 0.471. The second-order valence-electron chi connectivity index (χ2n) is 6.36. The predicted octanol–water partition coefficient (Wildman–Crippen LogP) is 0.386. The molecule has 0 saturated heterocycles. The van der Waals surface area contributed by atoms with Crippen molar-refractivity contribution in [3.63, 3.8) is 0 Å². The molecule has 1 aliphatic rings. The molecule has 2 aromatic heterocycles. The maximum Gasteiger partial charge on any atom is 0.244 e. The van der Waals surface area contributed by atoms with Gasteiger partial charge in [-0.15, -0.1) is 0 Å². The fourth-order valence-electron chi connectivity index (χ4n) is 2.96. The first kappa shape index (κ1) is 18.5. The van der Waals surface area contributed by atoms with Gasteiger partial charge in [0.15, 0.2) is 9.84 Å². The average molecular weight is 377 g/mol. The van der Waals surface area contributed by atoms with E-state index in [1.165, 1.54) is 0 Å². The van der Waals surface area contributed by atoms with Gasteiger partial charge >= 0.3 is 0 Å². The Hall–Kier alpha value is -2.26. The average Bonchev–Trinajstić information content (AvgIpc) is 3.13. The van der Waals surface area contributed by atoms with Gasteiger partial charge in [0.1, 0.15) is 6.04 Å². The third-order valence-electron chi connectivity index (χ3n) is 4.55. The minimum Gasteiger partial charge on any atom is -0.350 e. The molecule has 3 heterocycles. The molecule has 140 valence electrons. The maximum absolute atomic E-state index is 12.7. The lowest BCUT2D eigenvalue weighted by Gasteiger charge is -2.33. The number of hydrogen-bond donors (Lipinski definition) is 1. The number of nitrogens with zero attached hydrogens (tertiary/aromatic N) is 4. The van der Waals surface area contributed by atoms with Crippen LogP contribution in [-0.2, 0) is 27.7 Å². The smallest absolute Gasteiger partial charge is 0.244 e. The van der Waals surface area contributed by atoms with Crippen LogP contribution in [0.15, 0.2) is 37.1 Å². The summed E-state index contributed by atoms with van der Waals surface area (Å²) in [4.78, 5) is 22.9. The first-order valence-electron chi connectivity index (χ1n) is 8.58. The maximum atomic E-state index is 12.7. The van der Waals surface area contributed by atoms with Crippen molar-refractivity contribution in [3.8, 4) is 0 Å². The minimum atomic E-state index is -3.04. The Bertz CT molecular complexity index is 850. The van der Waals surface area contributed by atoms with E-state index in [1.54, 1.807) is 31.8 Å². The third kappa shape index (κ3) is 4.47. The quantitative estimate of drug-likeness (QED) is 0.750. The zero-order valence-corrected chi connectivity index (χ0v) is 15.5. The standard InChI is InChI=1S/C17H23N5O3S/c1-2-26(24,25)7-6-21-11-15-10-19-13-22(15)16(12-21)17(23)20-9-14-4-3-5-18-8-14/h3-5,8,10,13,16H,2,6-7,9,11-12H2,1H3,(H,20,23). The number of carbonyl (C=O) groups is 1. The molecule has 0 spiro atoms. The Morgan fingerprint density at radius 3 is 2.92 bits per heavy atom. The van der Waals surface area contributed by atoms with Crippen molar-refractivity contribution in [1.82, 2.24) is 24.8 Å². The van der Waals surface area contributed by atoms with Crippen LogP contribution in [0, 0.1) is 0 Å². The van der Waals surface area contributed by atoms with Crippen molar-refractivity contribution >= 4 is 15.7 Å². The molecular weight excluding hydrogens is 354 g/mol. The number of hydrogen-bond acceptors (Lipinski definition) is 6. The second-order valence-corrected chi connectivity index (χ2v) is 8.83. The van der Waals surface area contributed by atoms with Crippen LogP contribution < -0.4 is 5.32 Å². The number of nitrogens with one attached hydrogen (secondary N) is 1. The van der Waals surface area contributed by atoms with Crippen LogP contribution in [0.5, 0.6) is 0 Å². The van der Waals surface area contributed by atoms with Crippen molar-refractivity contribution in [2.24, 2.45) is 0 Å². The normalized spacial score (nSPS) is 17.7. The Kier molecular flexibility index (Phi) is 5.67. The Labute approximate surface area is 153 Å². The SMILES string of the molecule is CCS(=O)(=O)CCN1Cc2cncn2C(C(=O)NCc2cccnc2)C1. The number of aromatic nitrogens is 3. The number of carbonyl (C=O) groups excluding carboxylic acids is 1. The Morgan fingerprint density at radius 2 is 2.19 bits per heavy atom. The Morgan fingerprint density at radius 1 is 1.35 bits per heavy atom. The van der Waals surface area contributed by atoms with E-state index in [1.807, 2.05) is 21.6 Å². The topological polar surface area (TPSA) is 97.2 Å². The molecule has 3 rings (SSSR count). The van der Waals surface area contributed by atoms with Crippen molar-refractivity contribution in [2.75, 3.05) is 24.6 Å². The lowest BCUT2D eigenvalue weighted by molar-refractivity contribution is -0.125. The third-order valence-corrected chi connectivity index (χ3v) is 6.23. The van der Waals surface area contributed by atoms with Crippen LogP contribution in [0.1, 0.15) is 24.2 Å². The number of imidazole rings is 1. The molecule has 0 aliphatic carbocycles. The monoisotopic (exact) mass is 377 g/mol. The van der Waals surface area contributed by atoms with Crippen molar-refractivity contribution < 1.29 is 13.2 Å². The molecule has 9 heteroatoms. The van der Waals surface area contributed by atoms with Crippen LogP contribution in [-0.4, -0.2) is 58.4 Å². The summed E-state index contributed by atoms with van der Waals surface area (Å²) in [5, 5.41) is 2.93. The molecule has 1 amide bonds. The van der Waals surface area contributed by atoms with Crippen molar-refractivity contribution in [1.29, 1.82) is 0 Å². The van der Waals surface area contributed by atoms with Gasteiger partial charge in [0.2, 0.25) is 5.91 Å². The zero-order chi connectivity index (χ0) is 18.6. The van der Waals surface area contributed by atoms with Gasteiger partial charge in [-0.25, -0.2) is 13.4 Å². The number of rotatable bonds is 7. The van der Waals surface area contributed by atoms with Crippen molar-refractivity contribution in [2.45, 2.75) is 26.1 Å². The van der Waals surface area contributed by atoms with E-state index in [4.69, 9.17) is 0 Å². The molecule has 2 aromatic rings. The summed E-state index contributed by atoms with van der Waals surface area (Å²) in [6.07, 6.45) is 6.78. The van der Waals surface area contributed by atoms with Crippen LogP contribution in [0.4, 0.5) is 0 Å². The van der Waals surface area contributed by atoms with Crippen molar-refractivity contribution in [3.05, 3.63) is 48.3 Å². The van der Waals surface area contributed by atoms with Gasteiger partial charge in [-0.05, 0) is 11.6 Å². The highest BCUT2D eigenvalue weighted by molar-refractivity contribution is 7.91. The summed E-state index contributed by atoms with van der Waals surface area (Å²) in [6.45, 7) is 3.51. The van der Waals surface area contributed by atoms with Gasteiger partial charge in [-0.2, -0.15) is 0 Å². The van der Waals surface area contributed by atoms with E-state index < -0.39 is 15.9 Å². The zero-order valence-electron chi connectivity index (χ0n) is 14.7. The van der Waals surface area contributed by atoms with Gasteiger partial charge in [-0.3, -0.25) is 14.7 Å². The number of fused-ring (bicyclic) bond motifs is 1. The molecule has 0 saturated carbocycles. The van der Waals surface area contributed by atoms with Gasteiger partial charge in [0, 0.05) is 50.5 Å². The molecular formula is C17H23N5O3S. The van der Waals surface area contributed by atoms with E-state index in [9.17, 15) is 13.2 Å². The van der Waals surface area contributed by atoms with E-state index >= 15 is 0 Å². The number of amides is 1. The summed E-state index contributed by atoms with van der Waals surface area (Å²) in [7, 11) is -3.04. The first-order chi connectivity index (χ1) is 12.5. The second kappa shape index (κ2) is 7.96. The van der Waals surface area contributed by atoms with Crippen LogP contribution in [0.2, 0.25) is 0 Å². The molecule has 0 aromatic carbocycles. The molecule has 1 atom stereocenters. The predicted molar refractivity (Wildman–Crippen MR) is 97.0 cm³/mol. The summed E-state index contributed by atoms with van der Waals surface area (Å²) in [5.41, 5.74) is 1.83. The van der Waals surface area contributed by atoms with Crippen LogP contribution in [0.3, 0.4) is 0 Å². The minimum absolute atomic E-state index is 0.0989. The molecule has 26 heavy (non-hydrogen) atoms. The van der Waals surface area contributed by atoms with E-state index in [0.29, 0.717) is 26.2 Å². The van der Waals surface area contributed by atoms with Gasteiger partial charge < -0.3 is 9.88 Å². The largest absolute Gasteiger partial charge is 0.350 e. The van der Waals surface area contributed by atoms with E-state index in [0.717, 1.165) is 11.3 Å². The summed E-state index contributed by atoms with van der Waals surface area (Å²) < 4.78 is 25.4. The molecule has 0 bridgehead atoms. The number of sulfone groups is 1. The lowest BCUT2D eigenvalue weighted by atomic mass is 10.1.